The molecule has 0 radical (unpaired) electrons. The van der Waals surface area contributed by atoms with Crippen LogP contribution in [0.1, 0.15) is 40.7 Å². The van der Waals surface area contributed by atoms with Crippen molar-refractivity contribution in [3.8, 4) is 0 Å². The zero-order valence-corrected chi connectivity index (χ0v) is 16.8. The van der Waals surface area contributed by atoms with E-state index in [0.29, 0.717) is 6.61 Å². The molecular formula is C20H32Cl2N2O. The summed E-state index contributed by atoms with van der Waals surface area (Å²) in [6, 6.07) is 2.54. The summed E-state index contributed by atoms with van der Waals surface area (Å²) in [6.07, 6.45) is 9.26. The van der Waals surface area contributed by atoms with Gasteiger partial charge in [0.2, 0.25) is 0 Å². The summed E-state index contributed by atoms with van der Waals surface area (Å²) in [4.78, 5) is 5.01. The molecule has 1 saturated heterocycles. The quantitative estimate of drug-likeness (QED) is 0.842. The van der Waals surface area contributed by atoms with Crippen LogP contribution in [0.25, 0.3) is 0 Å². The zero-order valence-electron chi connectivity index (χ0n) is 15.1. The van der Waals surface area contributed by atoms with Gasteiger partial charge in [-0.15, -0.1) is 24.8 Å². The van der Waals surface area contributed by atoms with Crippen molar-refractivity contribution < 1.29 is 5.11 Å². The third-order valence-electron chi connectivity index (χ3n) is 6.16. The highest BCUT2D eigenvalue weighted by Gasteiger charge is 2.24. The van der Waals surface area contributed by atoms with Gasteiger partial charge in [0.15, 0.2) is 0 Å². The highest BCUT2D eigenvalue weighted by atomic mass is 35.5. The van der Waals surface area contributed by atoms with Crippen LogP contribution < -0.4 is 0 Å². The Kier molecular flexibility index (Phi) is 8.03. The molecule has 0 bridgehead atoms. The van der Waals surface area contributed by atoms with Crippen LogP contribution in [0.3, 0.4) is 0 Å². The smallest absolute Gasteiger partial charge is 0.0558 e. The number of nitrogens with zero attached hydrogens (tertiary/aromatic N) is 2. The van der Waals surface area contributed by atoms with Gasteiger partial charge < -0.3 is 10.0 Å². The summed E-state index contributed by atoms with van der Waals surface area (Å²) in [6.45, 7) is 6.91. The van der Waals surface area contributed by atoms with E-state index in [-0.39, 0.29) is 24.8 Å². The van der Waals surface area contributed by atoms with Gasteiger partial charge in [0.05, 0.1) is 6.61 Å². The molecule has 1 N–H and O–H groups in total. The molecule has 0 atom stereocenters. The number of benzene rings is 1. The van der Waals surface area contributed by atoms with E-state index < -0.39 is 0 Å². The molecule has 0 amide bonds. The number of halogens is 2. The van der Waals surface area contributed by atoms with E-state index in [4.69, 9.17) is 5.11 Å². The zero-order chi connectivity index (χ0) is 15.6. The maximum Gasteiger partial charge on any atom is 0.0558 e. The summed E-state index contributed by atoms with van der Waals surface area (Å²) < 4.78 is 0. The monoisotopic (exact) mass is 386 g/mol. The van der Waals surface area contributed by atoms with Gasteiger partial charge in [0.1, 0.15) is 0 Å². The van der Waals surface area contributed by atoms with Gasteiger partial charge in [-0.2, -0.15) is 0 Å². The minimum absolute atomic E-state index is 0. The molecule has 5 heteroatoms. The molecule has 2 aliphatic carbocycles. The van der Waals surface area contributed by atoms with Crippen molar-refractivity contribution in [2.45, 2.75) is 44.9 Å². The summed E-state index contributed by atoms with van der Waals surface area (Å²) in [5.74, 6) is 0. The van der Waals surface area contributed by atoms with Crippen molar-refractivity contribution >= 4 is 24.8 Å². The third-order valence-corrected chi connectivity index (χ3v) is 6.16. The van der Waals surface area contributed by atoms with Crippen LogP contribution in [-0.2, 0) is 32.1 Å². The average molecular weight is 387 g/mol. The lowest BCUT2D eigenvalue weighted by Crippen LogP contribution is -2.47. The highest BCUT2D eigenvalue weighted by molar-refractivity contribution is 5.85. The van der Waals surface area contributed by atoms with Crippen molar-refractivity contribution in [3.63, 3.8) is 0 Å². The molecule has 1 aromatic carbocycles. The predicted octanol–water partition coefficient (Wildman–Crippen LogP) is 2.66. The van der Waals surface area contributed by atoms with Gasteiger partial charge in [0, 0.05) is 39.3 Å². The highest BCUT2D eigenvalue weighted by Crippen LogP contribution is 2.35. The van der Waals surface area contributed by atoms with Crippen molar-refractivity contribution in [3.05, 3.63) is 33.9 Å². The molecule has 3 nitrogen and oxygen atoms in total. The van der Waals surface area contributed by atoms with E-state index in [2.05, 4.69) is 15.9 Å². The van der Waals surface area contributed by atoms with E-state index in [1.165, 1.54) is 51.5 Å². The maximum absolute atomic E-state index is 9.06. The van der Waals surface area contributed by atoms with Gasteiger partial charge >= 0.3 is 0 Å². The van der Waals surface area contributed by atoms with Crippen molar-refractivity contribution in [2.24, 2.45) is 0 Å². The molecule has 142 valence electrons. The lowest BCUT2D eigenvalue weighted by Gasteiger charge is -2.34. The Bertz CT molecular complexity index is 539. The fourth-order valence-corrected chi connectivity index (χ4v) is 4.88. The second kappa shape index (κ2) is 9.57. The first-order valence-corrected chi connectivity index (χ1v) is 9.56. The fraction of sp³-hybridized carbons (Fsp3) is 0.700. The Morgan fingerprint density at radius 2 is 1.28 bits per heavy atom. The number of piperazine rings is 1. The number of β-amino-alcohol motifs (C(OH)–C–C–N with tert-alkyl or cyclic N) is 1. The Balaban J connectivity index is 0.00000113. The van der Waals surface area contributed by atoms with E-state index >= 15 is 0 Å². The van der Waals surface area contributed by atoms with Gasteiger partial charge in [0.25, 0.3) is 0 Å². The van der Waals surface area contributed by atoms with Crippen LogP contribution >= 0.6 is 24.8 Å². The molecule has 0 spiro atoms. The van der Waals surface area contributed by atoms with Crippen molar-refractivity contribution in [2.75, 3.05) is 45.9 Å². The topological polar surface area (TPSA) is 26.7 Å². The molecule has 1 aliphatic heterocycles. The molecule has 1 heterocycles. The van der Waals surface area contributed by atoms with Gasteiger partial charge in [-0.05, 0) is 72.8 Å². The molecule has 25 heavy (non-hydrogen) atoms. The predicted molar refractivity (Wildman–Crippen MR) is 109 cm³/mol. The number of aliphatic hydroxyl groups is 1. The first-order valence-electron chi connectivity index (χ1n) is 9.56. The second-order valence-electron chi connectivity index (χ2n) is 7.49. The van der Waals surface area contributed by atoms with Gasteiger partial charge in [-0.25, -0.2) is 0 Å². The largest absolute Gasteiger partial charge is 0.395 e. The number of fused-ring (bicyclic) bond motifs is 2. The Morgan fingerprint density at radius 1 is 0.760 bits per heavy atom. The normalized spacial score (nSPS) is 19.9. The van der Waals surface area contributed by atoms with E-state index in [1.54, 1.807) is 27.8 Å². The van der Waals surface area contributed by atoms with Crippen molar-refractivity contribution in [1.29, 1.82) is 0 Å². The Morgan fingerprint density at radius 3 is 1.80 bits per heavy atom. The Labute approximate surface area is 164 Å². The number of hydrogen-bond acceptors (Lipinski definition) is 3. The first kappa shape index (κ1) is 21.0. The molecule has 0 aromatic heterocycles. The maximum atomic E-state index is 9.06. The third kappa shape index (κ3) is 4.51. The van der Waals surface area contributed by atoms with Gasteiger partial charge in [-0.3, -0.25) is 4.90 Å². The second-order valence-corrected chi connectivity index (χ2v) is 7.49. The minimum Gasteiger partial charge on any atom is -0.395 e. The lowest BCUT2D eigenvalue weighted by atomic mass is 9.92. The van der Waals surface area contributed by atoms with Crippen LogP contribution in [0.5, 0.6) is 0 Å². The van der Waals surface area contributed by atoms with E-state index in [0.717, 1.165) is 32.7 Å². The molecule has 1 aromatic rings. The fourth-order valence-electron chi connectivity index (χ4n) is 4.88. The van der Waals surface area contributed by atoms with E-state index in [9.17, 15) is 0 Å². The molecule has 0 unspecified atom stereocenters. The van der Waals surface area contributed by atoms with Crippen LogP contribution in [0, 0.1) is 0 Å². The molecule has 0 saturated carbocycles. The number of aryl methyl sites for hydroxylation is 2. The Hall–Kier alpha value is -0.320. The number of hydrogen-bond donors (Lipinski definition) is 1. The van der Waals surface area contributed by atoms with Crippen LogP contribution in [-0.4, -0.2) is 60.8 Å². The van der Waals surface area contributed by atoms with E-state index in [1.807, 2.05) is 0 Å². The summed E-state index contributed by atoms with van der Waals surface area (Å²) >= 11 is 0. The molecule has 4 rings (SSSR count). The molecule has 3 aliphatic rings. The first-order chi connectivity index (χ1) is 11.3. The summed E-state index contributed by atoms with van der Waals surface area (Å²) in [5.41, 5.74) is 8.54. The van der Waals surface area contributed by atoms with Crippen LogP contribution in [0.4, 0.5) is 0 Å². The SMILES string of the molecule is Cl.Cl.OCCN1CCN(CCc2c3c(cc4c2CCC4)CCC3)CC1. The standard InChI is InChI=1S/C20H30N2O.2ClH/c23-14-13-22-11-9-21(10-12-22)8-7-20-18-5-1-3-16(18)15-17-4-2-6-19(17)20;;/h15,23H,1-14H2;2*1H. The van der Waals surface area contributed by atoms with Crippen LogP contribution in [0.15, 0.2) is 6.07 Å². The van der Waals surface area contributed by atoms with Crippen molar-refractivity contribution in [1.82, 2.24) is 9.80 Å². The van der Waals surface area contributed by atoms with Crippen LogP contribution in [0.2, 0.25) is 0 Å². The molecular weight excluding hydrogens is 355 g/mol. The minimum atomic E-state index is 0. The molecule has 1 fully saturated rings. The lowest BCUT2D eigenvalue weighted by molar-refractivity contribution is 0.113. The number of aliphatic hydroxyl groups excluding tert-OH is 1. The average Bonchev–Trinajstić information content (AvgIpc) is 3.21. The van der Waals surface area contributed by atoms with Gasteiger partial charge in [-0.1, -0.05) is 6.07 Å². The number of rotatable bonds is 5. The summed E-state index contributed by atoms with van der Waals surface area (Å²) in [7, 11) is 0. The summed E-state index contributed by atoms with van der Waals surface area (Å²) in [5, 5.41) is 9.06.